The van der Waals surface area contributed by atoms with Crippen LogP contribution in [0.1, 0.15) is 0 Å². The molecule has 0 saturated carbocycles. The van der Waals surface area contributed by atoms with Gasteiger partial charge in [0, 0.05) is 55.2 Å². The Morgan fingerprint density at radius 3 is 2.62 bits per heavy atom. The fourth-order valence-corrected chi connectivity index (χ4v) is 3.85. The minimum absolute atomic E-state index is 0.0621. The summed E-state index contributed by atoms with van der Waals surface area (Å²) in [6, 6.07) is 13.7. The van der Waals surface area contributed by atoms with Gasteiger partial charge in [0.25, 0.3) is 10.9 Å². The fraction of sp³-hybridized carbons (Fsp3) is 0.286. The van der Waals surface area contributed by atoms with Gasteiger partial charge in [-0.3, -0.25) is 14.9 Å². The number of nitro benzene ring substituents is 1. The molecule has 0 radical (unpaired) electrons. The SMILES string of the molecule is CN1CCN(c2ccc(NC(=O)CSc3nnc(-c4cccc([N+](=O)[O-])c4)o3)cc2)CC1. The molecule has 1 amide bonds. The lowest BCUT2D eigenvalue weighted by atomic mass is 10.2. The summed E-state index contributed by atoms with van der Waals surface area (Å²) in [4.78, 5) is 27.4. The molecule has 4 rings (SSSR count). The average molecular weight is 455 g/mol. The molecule has 1 fully saturated rings. The number of nitro groups is 1. The van der Waals surface area contributed by atoms with E-state index < -0.39 is 4.92 Å². The number of nitrogens with zero attached hydrogens (tertiary/aromatic N) is 5. The van der Waals surface area contributed by atoms with E-state index in [1.54, 1.807) is 12.1 Å². The van der Waals surface area contributed by atoms with Crippen LogP contribution in [-0.4, -0.2) is 64.9 Å². The first-order valence-corrected chi connectivity index (χ1v) is 11.0. The second-order valence-electron chi connectivity index (χ2n) is 7.35. The van der Waals surface area contributed by atoms with Crippen molar-refractivity contribution in [2.75, 3.05) is 49.2 Å². The Morgan fingerprint density at radius 1 is 1.16 bits per heavy atom. The van der Waals surface area contributed by atoms with Gasteiger partial charge < -0.3 is 19.5 Å². The Morgan fingerprint density at radius 2 is 1.91 bits per heavy atom. The largest absolute Gasteiger partial charge is 0.411 e. The van der Waals surface area contributed by atoms with Crippen LogP contribution in [0.4, 0.5) is 17.1 Å². The van der Waals surface area contributed by atoms with Crippen molar-refractivity contribution >= 4 is 34.7 Å². The molecule has 0 bridgehead atoms. The first-order valence-electron chi connectivity index (χ1n) is 10.0. The number of aromatic nitrogens is 2. The maximum absolute atomic E-state index is 12.3. The molecule has 2 heterocycles. The minimum atomic E-state index is -0.489. The third kappa shape index (κ3) is 5.42. The van der Waals surface area contributed by atoms with Gasteiger partial charge in [0.2, 0.25) is 11.8 Å². The quantitative estimate of drug-likeness (QED) is 0.326. The lowest BCUT2D eigenvalue weighted by molar-refractivity contribution is -0.384. The van der Waals surface area contributed by atoms with Gasteiger partial charge in [-0.05, 0) is 37.4 Å². The van der Waals surface area contributed by atoms with E-state index in [0.717, 1.165) is 49.3 Å². The van der Waals surface area contributed by atoms with E-state index in [4.69, 9.17) is 4.42 Å². The molecule has 1 saturated heterocycles. The van der Waals surface area contributed by atoms with Crippen LogP contribution in [-0.2, 0) is 4.79 Å². The summed E-state index contributed by atoms with van der Waals surface area (Å²) in [6.07, 6.45) is 0. The molecule has 1 aromatic heterocycles. The van der Waals surface area contributed by atoms with Gasteiger partial charge in [0.15, 0.2) is 0 Å². The molecule has 11 heteroatoms. The summed E-state index contributed by atoms with van der Waals surface area (Å²) in [6.45, 7) is 4.05. The first-order chi connectivity index (χ1) is 15.5. The zero-order valence-corrected chi connectivity index (χ0v) is 18.2. The molecule has 1 N–H and O–H groups in total. The van der Waals surface area contributed by atoms with Crippen LogP contribution in [0.2, 0.25) is 0 Å². The van der Waals surface area contributed by atoms with Crippen molar-refractivity contribution in [1.82, 2.24) is 15.1 Å². The number of rotatable bonds is 7. The smallest absolute Gasteiger partial charge is 0.277 e. The summed E-state index contributed by atoms with van der Waals surface area (Å²) in [7, 11) is 2.12. The number of likely N-dealkylation sites (N-methyl/N-ethyl adjacent to an activating group) is 1. The maximum atomic E-state index is 12.3. The number of hydrogen-bond donors (Lipinski definition) is 1. The number of carbonyl (C=O) groups is 1. The van der Waals surface area contributed by atoms with Crippen molar-refractivity contribution in [2.24, 2.45) is 0 Å². The molecular weight excluding hydrogens is 432 g/mol. The highest BCUT2D eigenvalue weighted by molar-refractivity contribution is 7.99. The zero-order chi connectivity index (χ0) is 22.5. The summed E-state index contributed by atoms with van der Waals surface area (Å²) < 4.78 is 5.52. The second-order valence-corrected chi connectivity index (χ2v) is 8.28. The highest BCUT2D eigenvalue weighted by atomic mass is 32.2. The number of hydrogen-bond acceptors (Lipinski definition) is 9. The lowest BCUT2D eigenvalue weighted by Crippen LogP contribution is -2.44. The highest BCUT2D eigenvalue weighted by Crippen LogP contribution is 2.26. The van der Waals surface area contributed by atoms with Crippen molar-refractivity contribution in [3.63, 3.8) is 0 Å². The molecular formula is C21H22N6O4S. The van der Waals surface area contributed by atoms with Crippen LogP contribution < -0.4 is 10.2 Å². The molecule has 32 heavy (non-hydrogen) atoms. The Labute approximate surface area is 188 Å². The van der Waals surface area contributed by atoms with Gasteiger partial charge in [0.1, 0.15) is 0 Å². The Hall–Kier alpha value is -3.44. The van der Waals surface area contributed by atoms with E-state index in [2.05, 4.69) is 32.4 Å². The maximum Gasteiger partial charge on any atom is 0.277 e. The van der Waals surface area contributed by atoms with E-state index in [1.165, 1.54) is 12.1 Å². The van der Waals surface area contributed by atoms with Gasteiger partial charge >= 0.3 is 0 Å². The van der Waals surface area contributed by atoms with Crippen molar-refractivity contribution in [3.8, 4) is 11.5 Å². The van der Waals surface area contributed by atoms with Crippen LogP contribution in [0.5, 0.6) is 0 Å². The Kier molecular flexibility index (Phi) is 6.66. The van der Waals surface area contributed by atoms with Gasteiger partial charge in [-0.1, -0.05) is 17.8 Å². The average Bonchev–Trinajstić information content (AvgIpc) is 3.28. The number of piperazine rings is 1. The number of non-ortho nitro benzene ring substituents is 1. The number of carbonyl (C=O) groups excluding carboxylic acids is 1. The monoisotopic (exact) mass is 454 g/mol. The molecule has 0 spiro atoms. The summed E-state index contributed by atoms with van der Waals surface area (Å²) in [5.74, 6) is 0.0603. The molecule has 3 aromatic rings. The number of anilines is 2. The van der Waals surface area contributed by atoms with E-state index in [-0.39, 0.29) is 28.5 Å². The number of nitrogens with one attached hydrogen (secondary N) is 1. The number of amides is 1. The predicted octanol–water partition coefficient (Wildman–Crippen LogP) is 3.13. The van der Waals surface area contributed by atoms with Gasteiger partial charge in [-0.2, -0.15) is 0 Å². The third-order valence-corrected chi connectivity index (χ3v) is 5.88. The van der Waals surface area contributed by atoms with Gasteiger partial charge in [-0.25, -0.2) is 0 Å². The highest BCUT2D eigenvalue weighted by Gasteiger charge is 2.16. The van der Waals surface area contributed by atoms with E-state index in [1.807, 2.05) is 24.3 Å². The molecule has 0 unspecified atom stereocenters. The normalized spacial score (nSPS) is 14.3. The molecule has 166 valence electrons. The van der Waals surface area contributed by atoms with Crippen LogP contribution in [0.15, 0.2) is 58.2 Å². The van der Waals surface area contributed by atoms with Crippen molar-refractivity contribution in [1.29, 1.82) is 0 Å². The fourth-order valence-electron chi connectivity index (χ4n) is 3.28. The van der Waals surface area contributed by atoms with Crippen LogP contribution in [0.3, 0.4) is 0 Å². The van der Waals surface area contributed by atoms with Crippen molar-refractivity contribution < 1.29 is 14.1 Å². The lowest BCUT2D eigenvalue weighted by Gasteiger charge is -2.34. The molecule has 0 atom stereocenters. The van der Waals surface area contributed by atoms with Gasteiger partial charge in [-0.15, -0.1) is 10.2 Å². The van der Waals surface area contributed by atoms with E-state index in [0.29, 0.717) is 5.56 Å². The number of thioether (sulfide) groups is 1. The first kappa shape index (κ1) is 21.8. The van der Waals surface area contributed by atoms with Gasteiger partial charge in [0.05, 0.1) is 10.7 Å². The Balaban J connectivity index is 1.29. The zero-order valence-electron chi connectivity index (χ0n) is 17.4. The molecule has 10 nitrogen and oxygen atoms in total. The van der Waals surface area contributed by atoms with Crippen molar-refractivity contribution in [3.05, 3.63) is 58.6 Å². The van der Waals surface area contributed by atoms with Crippen LogP contribution in [0.25, 0.3) is 11.5 Å². The standard InChI is InChI=1S/C21H22N6O4S/c1-25-9-11-26(12-10-25)17-7-5-16(6-8-17)22-19(28)14-32-21-24-23-20(31-21)15-3-2-4-18(13-15)27(29)30/h2-8,13H,9-12,14H2,1H3,(H,22,28). The number of benzene rings is 2. The Bertz CT molecular complexity index is 1100. The second kappa shape index (κ2) is 9.79. The van der Waals surface area contributed by atoms with E-state index in [9.17, 15) is 14.9 Å². The molecule has 1 aliphatic rings. The summed E-state index contributed by atoms with van der Waals surface area (Å²) in [5.41, 5.74) is 2.25. The molecule has 2 aromatic carbocycles. The minimum Gasteiger partial charge on any atom is -0.411 e. The predicted molar refractivity (Wildman–Crippen MR) is 122 cm³/mol. The molecule has 0 aliphatic carbocycles. The third-order valence-electron chi connectivity index (χ3n) is 5.06. The topological polar surface area (TPSA) is 118 Å². The summed E-state index contributed by atoms with van der Waals surface area (Å²) in [5, 5.41) is 21.8. The van der Waals surface area contributed by atoms with Crippen molar-refractivity contribution in [2.45, 2.75) is 5.22 Å². The summed E-state index contributed by atoms with van der Waals surface area (Å²) >= 11 is 1.10. The van der Waals surface area contributed by atoms with Crippen LogP contribution in [0, 0.1) is 10.1 Å². The molecule has 1 aliphatic heterocycles. The van der Waals surface area contributed by atoms with Crippen LogP contribution >= 0.6 is 11.8 Å². The van der Waals surface area contributed by atoms with E-state index >= 15 is 0 Å².